The third kappa shape index (κ3) is 2.86. The van der Waals surface area contributed by atoms with Crippen molar-refractivity contribution in [1.82, 2.24) is 0 Å². The number of ketones is 1. The average molecular weight is 181 g/mol. The van der Waals surface area contributed by atoms with E-state index in [0.29, 0.717) is 0 Å². The summed E-state index contributed by atoms with van der Waals surface area (Å²) >= 11 is 4.61. The summed E-state index contributed by atoms with van der Waals surface area (Å²) in [5.41, 5.74) is 0. The van der Waals surface area contributed by atoms with E-state index in [1.807, 2.05) is 0 Å². The maximum atomic E-state index is 10.7. The third-order valence-electron chi connectivity index (χ3n) is 1.17. The van der Waals surface area contributed by atoms with Crippen molar-refractivity contribution in [3.05, 3.63) is 0 Å². The van der Waals surface area contributed by atoms with Crippen molar-refractivity contribution in [1.29, 1.82) is 0 Å². The largest absolute Gasteiger partial charge is 0.395 e. The molecule has 0 aromatic carbocycles. The minimum atomic E-state index is -1.33. The number of hydrogen-bond donors (Lipinski definition) is 1. The normalized spacial score (nSPS) is 12.8. The summed E-state index contributed by atoms with van der Waals surface area (Å²) in [6.07, 6.45) is -1.33. The zero-order valence-electron chi connectivity index (χ0n) is 6.20. The van der Waals surface area contributed by atoms with E-state index in [9.17, 15) is 9.59 Å². The molecule has 0 aliphatic heterocycles. The summed E-state index contributed by atoms with van der Waals surface area (Å²) in [5, 5.41) is 8.99. The molecule has 0 saturated carbocycles. The van der Waals surface area contributed by atoms with Crippen LogP contribution in [0, 0.1) is 5.92 Å². The Labute approximate surface area is 69.3 Å². The molecule has 1 atom stereocenters. The van der Waals surface area contributed by atoms with Crippen LogP contribution in [0.2, 0.25) is 0 Å². The van der Waals surface area contributed by atoms with Crippen LogP contribution in [0.15, 0.2) is 0 Å². The summed E-state index contributed by atoms with van der Waals surface area (Å²) in [5.74, 6) is -2.57. The first kappa shape index (κ1) is 10.4. The Kier molecular flexibility index (Phi) is 4.07. The Morgan fingerprint density at radius 3 is 2.18 bits per heavy atom. The topological polar surface area (TPSA) is 63.6 Å². The Balaban J connectivity index is 4.14. The lowest BCUT2D eigenvalue weighted by molar-refractivity contribution is -0.152. The second-order valence-electron chi connectivity index (χ2n) is 2.42. The minimum absolute atomic E-state index is 0.321. The molecule has 0 aromatic heterocycles. The fourth-order valence-electron chi connectivity index (χ4n) is 0.462. The van der Waals surface area contributed by atoms with Gasteiger partial charge in [0.2, 0.25) is 0 Å². The SMILES string of the molecule is CC(C)C(O)C(=O)C(=O)OCl. The van der Waals surface area contributed by atoms with Crippen molar-refractivity contribution in [3.8, 4) is 0 Å². The monoisotopic (exact) mass is 180 g/mol. The number of carbonyl (C=O) groups is 2. The standard InChI is InChI=1S/C6H9ClO4/c1-3(2)4(8)5(9)6(10)11-7/h3-4,8H,1-2H3. The van der Waals surface area contributed by atoms with Gasteiger partial charge in [-0.15, -0.1) is 0 Å². The van der Waals surface area contributed by atoms with Crippen molar-refractivity contribution in [3.63, 3.8) is 0 Å². The maximum Gasteiger partial charge on any atom is 0.395 e. The third-order valence-corrected chi connectivity index (χ3v) is 1.31. The van der Waals surface area contributed by atoms with E-state index in [-0.39, 0.29) is 5.92 Å². The number of halogens is 1. The molecule has 64 valence electrons. The van der Waals surface area contributed by atoms with Crippen molar-refractivity contribution >= 4 is 23.6 Å². The van der Waals surface area contributed by atoms with Gasteiger partial charge in [0.05, 0.1) is 0 Å². The lowest BCUT2D eigenvalue weighted by Gasteiger charge is -2.09. The predicted octanol–water partition coefficient (Wildman–Crippen LogP) is 0.269. The number of aliphatic hydroxyl groups is 1. The van der Waals surface area contributed by atoms with Crippen LogP contribution in [-0.2, 0) is 13.9 Å². The Morgan fingerprint density at radius 2 is 1.91 bits per heavy atom. The highest BCUT2D eigenvalue weighted by Gasteiger charge is 2.26. The zero-order chi connectivity index (χ0) is 9.02. The van der Waals surface area contributed by atoms with Gasteiger partial charge in [-0.1, -0.05) is 13.8 Å². The van der Waals surface area contributed by atoms with Gasteiger partial charge < -0.3 is 9.40 Å². The molecule has 11 heavy (non-hydrogen) atoms. The molecular weight excluding hydrogens is 172 g/mol. The van der Waals surface area contributed by atoms with Crippen LogP contribution in [0.25, 0.3) is 0 Å². The molecule has 0 saturated heterocycles. The minimum Gasteiger partial charge on any atom is -0.384 e. The fraction of sp³-hybridized carbons (Fsp3) is 0.667. The summed E-state index contributed by atoms with van der Waals surface area (Å²) in [4.78, 5) is 21.1. The molecule has 0 radical (unpaired) electrons. The van der Waals surface area contributed by atoms with Gasteiger partial charge in [-0.2, -0.15) is 0 Å². The maximum absolute atomic E-state index is 10.7. The van der Waals surface area contributed by atoms with Gasteiger partial charge in [-0.3, -0.25) is 4.79 Å². The van der Waals surface area contributed by atoms with Gasteiger partial charge in [-0.05, 0) is 5.92 Å². The van der Waals surface area contributed by atoms with Gasteiger partial charge in [0.1, 0.15) is 18.0 Å². The number of hydrogen-bond acceptors (Lipinski definition) is 4. The highest BCUT2D eigenvalue weighted by molar-refractivity contribution is 6.39. The Hall–Kier alpha value is -0.610. The van der Waals surface area contributed by atoms with Crippen LogP contribution in [0.4, 0.5) is 0 Å². The van der Waals surface area contributed by atoms with Crippen LogP contribution in [0.5, 0.6) is 0 Å². The summed E-state index contributed by atoms with van der Waals surface area (Å²) in [6, 6.07) is 0. The molecule has 4 nitrogen and oxygen atoms in total. The van der Waals surface area contributed by atoms with Crippen molar-refractivity contribution in [2.75, 3.05) is 0 Å². The quantitative estimate of drug-likeness (QED) is 0.634. The smallest absolute Gasteiger partial charge is 0.384 e. The molecule has 0 bridgehead atoms. The fourth-order valence-corrected chi connectivity index (χ4v) is 0.538. The molecule has 1 unspecified atom stereocenters. The summed E-state index contributed by atoms with van der Waals surface area (Å²) in [7, 11) is 0. The molecule has 0 spiro atoms. The predicted molar refractivity (Wildman–Crippen MR) is 37.8 cm³/mol. The van der Waals surface area contributed by atoms with E-state index in [2.05, 4.69) is 16.2 Å². The van der Waals surface area contributed by atoms with Crippen molar-refractivity contribution in [2.24, 2.45) is 5.92 Å². The molecule has 0 rings (SSSR count). The number of aliphatic hydroxyl groups excluding tert-OH is 1. The van der Waals surface area contributed by atoms with E-state index < -0.39 is 17.9 Å². The Bertz CT molecular complexity index is 166. The average Bonchev–Trinajstić information content (AvgIpc) is 2.00. The Morgan fingerprint density at radius 1 is 1.45 bits per heavy atom. The van der Waals surface area contributed by atoms with Crippen molar-refractivity contribution in [2.45, 2.75) is 20.0 Å². The zero-order valence-corrected chi connectivity index (χ0v) is 6.96. The molecule has 0 amide bonds. The molecule has 0 heterocycles. The van der Waals surface area contributed by atoms with E-state index in [1.54, 1.807) is 13.8 Å². The molecule has 0 aliphatic carbocycles. The first-order chi connectivity index (χ1) is 5.00. The van der Waals surface area contributed by atoms with Crippen LogP contribution in [-0.4, -0.2) is 23.0 Å². The number of Topliss-reactive ketones (excluding diaryl/α,β-unsaturated/α-hetero) is 1. The van der Waals surface area contributed by atoms with E-state index in [0.717, 1.165) is 0 Å². The van der Waals surface area contributed by atoms with Gasteiger partial charge in [-0.25, -0.2) is 4.79 Å². The molecule has 0 fully saturated rings. The van der Waals surface area contributed by atoms with Gasteiger partial charge in [0, 0.05) is 0 Å². The second kappa shape index (κ2) is 4.31. The van der Waals surface area contributed by atoms with Gasteiger partial charge in [0.25, 0.3) is 5.78 Å². The van der Waals surface area contributed by atoms with Crippen LogP contribution < -0.4 is 0 Å². The van der Waals surface area contributed by atoms with Gasteiger partial charge in [0.15, 0.2) is 0 Å². The number of carbonyl (C=O) groups excluding carboxylic acids is 2. The van der Waals surface area contributed by atoms with E-state index in [1.165, 1.54) is 0 Å². The molecular formula is C6H9ClO4. The summed E-state index contributed by atoms with van der Waals surface area (Å²) in [6.45, 7) is 3.20. The first-order valence-corrected chi connectivity index (χ1v) is 3.36. The molecule has 5 heteroatoms. The van der Waals surface area contributed by atoms with Gasteiger partial charge >= 0.3 is 5.97 Å². The van der Waals surface area contributed by atoms with E-state index >= 15 is 0 Å². The van der Waals surface area contributed by atoms with E-state index in [4.69, 9.17) is 5.11 Å². The molecule has 0 aromatic rings. The second-order valence-corrected chi connectivity index (χ2v) is 2.57. The first-order valence-electron chi connectivity index (χ1n) is 3.05. The van der Waals surface area contributed by atoms with Crippen LogP contribution >= 0.6 is 11.9 Å². The molecule has 0 aliphatic rings. The highest BCUT2D eigenvalue weighted by atomic mass is 35.5. The van der Waals surface area contributed by atoms with Crippen LogP contribution in [0.3, 0.4) is 0 Å². The lowest BCUT2D eigenvalue weighted by Crippen LogP contribution is -2.32. The molecule has 1 N–H and O–H groups in total. The number of rotatable bonds is 3. The van der Waals surface area contributed by atoms with Crippen molar-refractivity contribution < 1.29 is 19.0 Å². The van der Waals surface area contributed by atoms with Crippen LogP contribution in [0.1, 0.15) is 13.8 Å². The summed E-state index contributed by atoms with van der Waals surface area (Å²) < 4.78 is 3.61. The lowest BCUT2D eigenvalue weighted by atomic mass is 10.0. The highest BCUT2D eigenvalue weighted by Crippen LogP contribution is 2.03.